The van der Waals surface area contributed by atoms with Gasteiger partial charge in [0.15, 0.2) is 11.6 Å². The van der Waals surface area contributed by atoms with Crippen LogP contribution in [-0.2, 0) is 10.8 Å². The average Bonchev–Trinajstić information content (AvgIpc) is 1.50. The quantitative estimate of drug-likeness (QED) is 0.145. The first-order chi connectivity index (χ1) is 55.4. The Morgan fingerprint density at radius 3 is 1.15 bits per heavy atom. The molecule has 16 aromatic carbocycles. The van der Waals surface area contributed by atoms with E-state index in [1.54, 1.807) is 0 Å². The Labute approximate surface area is 655 Å². The summed E-state index contributed by atoms with van der Waals surface area (Å²) in [7, 11) is 0. The Morgan fingerprint density at radius 1 is 0.188 bits per heavy atom. The third-order valence-corrected chi connectivity index (χ3v) is 26.9. The van der Waals surface area contributed by atoms with Gasteiger partial charge in [-0.15, -0.1) is 22.7 Å². The van der Waals surface area contributed by atoms with E-state index < -0.39 is 10.8 Å². The van der Waals surface area contributed by atoms with Crippen LogP contribution in [0.25, 0.3) is 187 Å². The highest BCUT2D eigenvalue weighted by Crippen LogP contribution is 2.68. The van der Waals surface area contributed by atoms with E-state index in [1.165, 1.54) is 146 Å². The van der Waals surface area contributed by atoms with Crippen molar-refractivity contribution in [1.29, 1.82) is 0 Å². The Bertz CT molecular complexity index is 7350. The molecule has 0 aliphatic heterocycles. The first kappa shape index (κ1) is 63.1. The van der Waals surface area contributed by atoms with Crippen molar-refractivity contribution in [3.8, 4) is 146 Å². The van der Waals surface area contributed by atoms with Crippen molar-refractivity contribution >= 4 is 64.4 Å². The van der Waals surface area contributed by atoms with Crippen molar-refractivity contribution in [3.05, 3.63) is 419 Å². The van der Waals surface area contributed by atoms with Crippen LogP contribution in [0.15, 0.2) is 376 Å². The van der Waals surface area contributed by atoms with Crippen LogP contribution in [0.1, 0.15) is 43.1 Å². The fraction of sp³-hybridized carbons (Fsp3) is 0.0189. The summed E-state index contributed by atoms with van der Waals surface area (Å²) in [6.07, 6.45) is 0. The predicted molar refractivity (Wildman–Crippen MR) is 465 cm³/mol. The summed E-state index contributed by atoms with van der Waals surface area (Å²) in [4.78, 5) is 23.9. The van der Waals surface area contributed by atoms with Gasteiger partial charge < -0.3 is 0 Å². The van der Waals surface area contributed by atoms with Gasteiger partial charge in [0.2, 0.25) is 0 Å². The number of hydrogen-bond donors (Lipinski definition) is 0. The maximum Gasteiger partial charge on any atom is 0.160 e. The molecule has 0 amide bonds. The normalized spacial score (nSPS) is 14.2. The van der Waals surface area contributed by atoms with Gasteiger partial charge in [-0.25, -0.2) is 19.9 Å². The van der Waals surface area contributed by atoms with E-state index in [0.29, 0.717) is 11.6 Å². The lowest BCUT2D eigenvalue weighted by Gasteiger charge is -2.29. The van der Waals surface area contributed by atoms with Crippen LogP contribution in [-0.4, -0.2) is 19.9 Å². The van der Waals surface area contributed by atoms with Gasteiger partial charge >= 0.3 is 0 Å². The van der Waals surface area contributed by atoms with Gasteiger partial charge in [0.1, 0.15) is 0 Å². The number of nitrogens with zero attached hydrogens (tertiary/aromatic N) is 4. The van der Waals surface area contributed by atoms with E-state index in [0.717, 1.165) is 72.7 Å². The van der Waals surface area contributed by atoms with Gasteiger partial charge in [-0.1, -0.05) is 315 Å². The minimum atomic E-state index is -0.515. The summed E-state index contributed by atoms with van der Waals surface area (Å²) in [5, 5.41) is 7.31. The van der Waals surface area contributed by atoms with Gasteiger partial charge in [-0.3, -0.25) is 0 Å². The van der Waals surface area contributed by atoms with Crippen molar-refractivity contribution in [2.75, 3.05) is 0 Å². The number of hydrogen-bond acceptors (Lipinski definition) is 6. The van der Waals surface area contributed by atoms with E-state index in [1.807, 2.05) is 40.9 Å². The van der Waals surface area contributed by atoms with Crippen molar-refractivity contribution in [2.45, 2.75) is 10.8 Å². The minimum Gasteiger partial charge on any atom is -0.228 e. The SMILES string of the molecule is c1ccc(-c2nc(-c3ccc(-c4ccc5c(c4)C4(c6ccccc6-c6ccccc64)c4sc6cc(-c7ccc8cc(-c9cc(-c%10cccc(-c%11ccc%12c(c%11)C%11(c%13ccccc%13-%12)c%12ccccc%12-c%12c%11sc%11ccccc%12%11)c%10)nc(-c%10ccccc%10)n9)ccc8c7)ccc6c4-5)cc3)cc(-c3ccc4ccccc4c3)n2)cc1. The summed E-state index contributed by atoms with van der Waals surface area (Å²) in [5.41, 5.74) is 34.2. The van der Waals surface area contributed by atoms with Crippen molar-refractivity contribution < 1.29 is 0 Å². The maximum atomic E-state index is 5.38. The fourth-order valence-corrected chi connectivity index (χ4v) is 22.2. The monoisotopic (exact) mass is 1450 g/mol. The van der Waals surface area contributed by atoms with Crippen LogP contribution in [0.4, 0.5) is 0 Å². The van der Waals surface area contributed by atoms with Crippen molar-refractivity contribution in [2.24, 2.45) is 0 Å². The van der Waals surface area contributed by atoms with Gasteiger partial charge in [-0.05, 0) is 182 Å². The Hall–Kier alpha value is -13.9. The summed E-state index contributed by atoms with van der Waals surface area (Å²) in [6, 6.07) is 139. The van der Waals surface area contributed by atoms with E-state index in [9.17, 15) is 0 Å². The number of thiophene rings is 2. The highest BCUT2D eigenvalue weighted by Gasteiger charge is 2.55. The number of benzene rings is 16. The molecular weight excluding hydrogens is 1390 g/mol. The molecule has 4 aromatic heterocycles. The molecule has 518 valence electrons. The van der Waals surface area contributed by atoms with Crippen LogP contribution in [0.2, 0.25) is 0 Å². The van der Waals surface area contributed by atoms with Crippen LogP contribution in [0, 0.1) is 0 Å². The first-order valence-corrected chi connectivity index (χ1v) is 40.0. The largest absolute Gasteiger partial charge is 0.228 e. The smallest absolute Gasteiger partial charge is 0.160 e. The molecule has 0 N–H and O–H groups in total. The second-order valence-electron chi connectivity index (χ2n) is 30.2. The van der Waals surface area contributed by atoms with E-state index >= 15 is 0 Å². The lowest BCUT2D eigenvalue weighted by molar-refractivity contribution is 0.812. The molecule has 0 saturated heterocycles. The third kappa shape index (κ3) is 9.28. The molecule has 0 saturated carbocycles. The Balaban J connectivity index is 0.569. The molecule has 24 rings (SSSR count). The molecule has 0 radical (unpaired) electrons. The summed E-state index contributed by atoms with van der Waals surface area (Å²) in [5.74, 6) is 1.39. The Morgan fingerprint density at radius 2 is 0.536 bits per heavy atom. The summed E-state index contributed by atoms with van der Waals surface area (Å²) in [6.45, 7) is 0. The molecule has 6 heteroatoms. The summed E-state index contributed by atoms with van der Waals surface area (Å²) < 4.78 is 2.60. The van der Waals surface area contributed by atoms with Crippen LogP contribution in [0.5, 0.6) is 0 Å². The van der Waals surface area contributed by atoms with Crippen molar-refractivity contribution in [3.63, 3.8) is 0 Å². The lowest BCUT2D eigenvalue weighted by atomic mass is 9.73. The molecule has 1 unspecified atom stereocenters. The fourth-order valence-electron chi connectivity index (χ4n) is 19.2. The Kier molecular flexibility index (Phi) is 13.7. The maximum absolute atomic E-state index is 5.38. The first-order valence-electron chi connectivity index (χ1n) is 38.4. The average molecular weight is 1460 g/mol. The topological polar surface area (TPSA) is 51.6 Å². The second-order valence-corrected chi connectivity index (χ2v) is 32.3. The van der Waals surface area contributed by atoms with Crippen molar-refractivity contribution in [1.82, 2.24) is 19.9 Å². The number of rotatable bonds is 9. The van der Waals surface area contributed by atoms with Crippen LogP contribution < -0.4 is 0 Å². The van der Waals surface area contributed by atoms with E-state index in [4.69, 9.17) is 19.9 Å². The zero-order valence-electron chi connectivity index (χ0n) is 60.4. The number of aromatic nitrogens is 4. The van der Waals surface area contributed by atoms with E-state index in [2.05, 4.69) is 358 Å². The second kappa shape index (κ2) is 24.3. The molecule has 112 heavy (non-hydrogen) atoms. The molecule has 2 spiro atoms. The van der Waals surface area contributed by atoms with Crippen LogP contribution in [0.3, 0.4) is 0 Å². The van der Waals surface area contributed by atoms with Gasteiger partial charge in [0.05, 0.1) is 33.6 Å². The van der Waals surface area contributed by atoms with Gasteiger partial charge in [-0.2, -0.15) is 0 Å². The molecule has 4 aliphatic rings. The summed E-state index contributed by atoms with van der Waals surface area (Å²) >= 11 is 3.91. The van der Waals surface area contributed by atoms with Crippen LogP contribution >= 0.6 is 22.7 Å². The predicted octanol–water partition coefficient (Wildman–Crippen LogP) is 27.7. The van der Waals surface area contributed by atoms with Gasteiger partial charge in [0.25, 0.3) is 0 Å². The minimum absolute atomic E-state index is 0.438. The molecule has 1 atom stereocenters. The molecule has 0 fully saturated rings. The zero-order valence-corrected chi connectivity index (χ0v) is 62.0. The molecule has 20 aromatic rings. The molecule has 4 aliphatic carbocycles. The zero-order chi connectivity index (χ0) is 73.3. The highest BCUT2D eigenvalue weighted by molar-refractivity contribution is 7.20. The number of fused-ring (bicyclic) bond motifs is 26. The lowest BCUT2D eigenvalue weighted by Crippen LogP contribution is -2.24. The molecular formula is C106H62N4S2. The molecule has 4 nitrogen and oxygen atoms in total. The van der Waals surface area contributed by atoms with Gasteiger partial charge in [0, 0.05) is 74.4 Å². The standard InChI is InChI=1S/C106H62N4S2/c1-3-21-66(22-4-1)103-107-93(61-95(109-103)77-46-40-63-20-7-8-25-68(63)55-77)65-41-38-64(39-42-65)73-49-52-84-92(58-73)105(87-33-14-9-28-79(87)80-29-10-15-34-88(80)105)102-100(84)86-53-50-75(60-98(86)112-102)71-43-44-72-57-78(47-45-70(72)54-71)96-62-94(108-104(110-96)67-23-5-2-6-24-67)76-27-19-26-69(56-76)74-48-51-82-81-30-11-16-35-89(81)106(91(82)59-74)90-36-17-12-31-83(90)99-85-32-13-18-37-97(85)111-101(99)106/h1-62H. The molecule has 0 bridgehead atoms. The highest BCUT2D eigenvalue weighted by atomic mass is 32.1. The molecule has 4 heterocycles. The van der Waals surface area contributed by atoms with E-state index in [-0.39, 0.29) is 0 Å². The third-order valence-electron chi connectivity index (χ3n) is 24.3.